The van der Waals surface area contributed by atoms with Crippen LogP contribution in [-0.4, -0.2) is 8.80 Å². The van der Waals surface area contributed by atoms with Crippen molar-refractivity contribution in [3.8, 4) is 0 Å². The van der Waals surface area contributed by atoms with Gasteiger partial charge in [0.05, 0.1) is 10.9 Å². The number of unbranched alkanes of at least 4 members (excludes halogenated alkanes) is 1. The molecule has 0 saturated carbocycles. The van der Waals surface area contributed by atoms with E-state index in [1.807, 2.05) is 0 Å². The second kappa shape index (κ2) is 7.34. The molecule has 0 aromatic heterocycles. The van der Waals surface area contributed by atoms with Crippen LogP contribution in [0.25, 0.3) is 0 Å². The molecule has 0 amide bonds. The van der Waals surface area contributed by atoms with E-state index in [1.165, 1.54) is 24.6 Å². The molecule has 5 heteroatoms. The summed E-state index contributed by atoms with van der Waals surface area (Å²) in [6.45, 7) is 4.63. The van der Waals surface area contributed by atoms with Crippen molar-refractivity contribution in [2.24, 2.45) is 0 Å². The van der Waals surface area contributed by atoms with Crippen LogP contribution in [-0.2, 0) is 6.18 Å². The smallest absolute Gasteiger partial charge is 0.166 e. The Morgan fingerprint density at radius 1 is 1.11 bits per heavy atom. The molecule has 0 N–H and O–H groups in total. The van der Waals surface area contributed by atoms with Crippen LogP contribution < -0.4 is 0 Å². The molecular weight excluding hydrogens is 289 g/mol. The Morgan fingerprint density at radius 2 is 1.68 bits per heavy atom. The molecule has 0 aliphatic rings. The molecule has 19 heavy (non-hydrogen) atoms. The zero-order valence-electron chi connectivity index (χ0n) is 11.3. The van der Waals surface area contributed by atoms with E-state index in [2.05, 4.69) is 13.1 Å². The minimum absolute atomic E-state index is 0.184. The molecule has 0 bridgehead atoms. The van der Waals surface area contributed by atoms with Crippen LogP contribution in [0.3, 0.4) is 0 Å². The van der Waals surface area contributed by atoms with E-state index in [-0.39, 0.29) is 5.38 Å². The Labute approximate surface area is 119 Å². The van der Waals surface area contributed by atoms with Crippen molar-refractivity contribution in [1.82, 2.24) is 0 Å². The van der Waals surface area contributed by atoms with E-state index in [0.29, 0.717) is 0 Å². The standard InChI is InChI=1S/C14H20ClF3Si/c1-19(2)10-4-3-5-13(15)11-6-8-12(9-7-11)14(16,17)18/h6-9,13,19H,3-5,10H2,1-2H3. The Bertz CT molecular complexity index is 373. The van der Waals surface area contributed by atoms with Crippen molar-refractivity contribution in [1.29, 1.82) is 0 Å². The number of alkyl halides is 4. The quantitative estimate of drug-likeness (QED) is 0.362. The zero-order chi connectivity index (χ0) is 14.5. The monoisotopic (exact) mass is 308 g/mol. The summed E-state index contributed by atoms with van der Waals surface area (Å²) in [5.41, 5.74) is 0.155. The van der Waals surface area contributed by atoms with Gasteiger partial charge >= 0.3 is 6.18 Å². The van der Waals surface area contributed by atoms with Gasteiger partial charge in [0.2, 0.25) is 0 Å². The maximum absolute atomic E-state index is 12.4. The minimum Gasteiger partial charge on any atom is -0.166 e. The first-order chi connectivity index (χ1) is 8.80. The van der Waals surface area contributed by atoms with Gasteiger partial charge in [-0.05, 0) is 24.1 Å². The summed E-state index contributed by atoms with van der Waals surface area (Å²) in [7, 11) is -0.501. The van der Waals surface area contributed by atoms with E-state index in [0.717, 1.165) is 30.5 Å². The van der Waals surface area contributed by atoms with E-state index >= 15 is 0 Å². The van der Waals surface area contributed by atoms with Crippen molar-refractivity contribution in [3.05, 3.63) is 35.4 Å². The van der Waals surface area contributed by atoms with Gasteiger partial charge in [-0.25, -0.2) is 0 Å². The van der Waals surface area contributed by atoms with Crippen LogP contribution in [0.15, 0.2) is 24.3 Å². The first-order valence-corrected chi connectivity index (χ1v) is 10.2. The molecule has 108 valence electrons. The molecule has 1 aromatic rings. The fraction of sp³-hybridized carbons (Fsp3) is 0.571. The number of hydrogen-bond donors (Lipinski definition) is 0. The largest absolute Gasteiger partial charge is 0.416 e. The lowest BCUT2D eigenvalue weighted by Gasteiger charge is -2.12. The van der Waals surface area contributed by atoms with Gasteiger partial charge in [-0.2, -0.15) is 13.2 Å². The van der Waals surface area contributed by atoms with Crippen LogP contribution in [0.4, 0.5) is 13.2 Å². The third-order valence-corrected chi connectivity index (χ3v) is 5.12. The molecular formula is C14H20ClF3Si. The lowest BCUT2D eigenvalue weighted by Crippen LogP contribution is -2.04. The molecule has 0 aliphatic heterocycles. The molecule has 1 aromatic carbocycles. The lowest BCUT2D eigenvalue weighted by atomic mass is 10.0. The molecule has 0 spiro atoms. The van der Waals surface area contributed by atoms with Crippen molar-refractivity contribution in [3.63, 3.8) is 0 Å². The Balaban J connectivity index is 2.47. The second-order valence-electron chi connectivity index (χ2n) is 5.27. The fourth-order valence-corrected chi connectivity index (χ4v) is 3.33. The van der Waals surface area contributed by atoms with E-state index in [1.54, 1.807) is 0 Å². The van der Waals surface area contributed by atoms with Gasteiger partial charge in [0.25, 0.3) is 0 Å². The Hall–Kier alpha value is -0.483. The highest BCUT2D eigenvalue weighted by atomic mass is 35.5. The molecule has 1 atom stereocenters. The van der Waals surface area contributed by atoms with E-state index in [4.69, 9.17) is 11.6 Å². The maximum Gasteiger partial charge on any atom is 0.416 e. The first kappa shape index (κ1) is 16.6. The van der Waals surface area contributed by atoms with Crippen LogP contribution in [0.1, 0.15) is 35.8 Å². The predicted octanol–water partition coefficient (Wildman–Crippen LogP) is 5.64. The summed E-state index contributed by atoms with van der Waals surface area (Å²) >= 11 is 6.22. The predicted molar refractivity (Wildman–Crippen MR) is 77.6 cm³/mol. The fourth-order valence-electron chi connectivity index (χ4n) is 1.92. The molecule has 0 fully saturated rings. The number of halogens is 4. The summed E-state index contributed by atoms with van der Waals surface area (Å²) in [5.74, 6) is 0. The van der Waals surface area contributed by atoms with Gasteiger partial charge in [0.15, 0.2) is 0 Å². The van der Waals surface area contributed by atoms with Crippen molar-refractivity contribution < 1.29 is 13.2 Å². The normalized spacial score (nSPS) is 13.8. The van der Waals surface area contributed by atoms with E-state index in [9.17, 15) is 13.2 Å². The minimum atomic E-state index is -4.28. The molecule has 0 aliphatic carbocycles. The molecule has 1 unspecified atom stereocenters. The number of benzene rings is 1. The second-order valence-corrected chi connectivity index (χ2v) is 9.16. The molecule has 0 nitrogen and oxygen atoms in total. The number of rotatable bonds is 6. The van der Waals surface area contributed by atoms with Crippen molar-refractivity contribution in [2.75, 3.05) is 0 Å². The van der Waals surface area contributed by atoms with Gasteiger partial charge in [0, 0.05) is 8.80 Å². The summed E-state index contributed by atoms with van der Waals surface area (Å²) in [4.78, 5) is 0. The van der Waals surface area contributed by atoms with Crippen LogP contribution in [0.5, 0.6) is 0 Å². The van der Waals surface area contributed by atoms with Crippen LogP contribution in [0, 0.1) is 0 Å². The third kappa shape index (κ3) is 6.00. The SMILES string of the molecule is C[SiH](C)CCCCC(Cl)c1ccc(C(F)(F)F)cc1. The highest BCUT2D eigenvalue weighted by Crippen LogP contribution is 2.32. The summed E-state index contributed by atoms with van der Waals surface area (Å²) in [5, 5.41) is -0.184. The average Bonchev–Trinajstić information content (AvgIpc) is 2.33. The van der Waals surface area contributed by atoms with Crippen molar-refractivity contribution >= 4 is 20.4 Å². The molecule has 0 heterocycles. The molecule has 0 radical (unpaired) electrons. The van der Waals surface area contributed by atoms with Gasteiger partial charge in [-0.3, -0.25) is 0 Å². The first-order valence-electron chi connectivity index (χ1n) is 6.62. The highest BCUT2D eigenvalue weighted by Gasteiger charge is 2.30. The summed E-state index contributed by atoms with van der Waals surface area (Å²) in [6.07, 6.45) is -1.23. The summed E-state index contributed by atoms with van der Waals surface area (Å²) in [6, 6.07) is 6.48. The Morgan fingerprint density at radius 3 is 2.16 bits per heavy atom. The van der Waals surface area contributed by atoms with Gasteiger partial charge in [0.1, 0.15) is 0 Å². The van der Waals surface area contributed by atoms with Crippen LogP contribution in [0.2, 0.25) is 19.1 Å². The maximum atomic E-state index is 12.4. The zero-order valence-corrected chi connectivity index (χ0v) is 13.2. The van der Waals surface area contributed by atoms with Crippen molar-refractivity contribution in [2.45, 2.75) is 50.0 Å². The number of hydrogen-bond acceptors (Lipinski definition) is 0. The van der Waals surface area contributed by atoms with Gasteiger partial charge in [-0.1, -0.05) is 44.1 Å². The highest BCUT2D eigenvalue weighted by molar-refractivity contribution is 6.55. The van der Waals surface area contributed by atoms with Gasteiger partial charge < -0.3 is 0 Å². The Kier molecular flexibility index (Phi) is 6.40. The third-order valence-electron chi connectivity index (χ3n) is 3.09. The average molecular weight is 309 g/mol. The molecule has 0 saturated heterocycles. The summed E-state index contributed by atoms with van der Waals surface area (Å²) < 4.78 is 37.2. The molecule has 1 rings (SSSR count). The lowest BCUT2D eigenvalue weighted by molar-refractivity contribution is -0.137. The topological polar surface area (TPSA) is 0 Å². The van der Waals surface area contributed by atoms with Crippen LogP contribution >= 0.6 is 11.6 Å². The van der Waals surface area contributed by atoms with E-state index < -0.39 is 20.5 Å². The van der Waals surface area contributed by atoms with Gasteiger partial charge in [-0.15, -0.1) is 11.6 Å².